The summed E-state index contributed by atoms with van der Waals surface area (Å²) in [4.78, 5) is 29.0. The number of carbonyl (C=O) groups excluding carboxylic acids is 1. The Morgan fingerprint density at radius 3 is 2.86 bits per heavy atom. The van der Waals surface area contributed by atoms with Crippen molar-refractivity contribution in [2.24, 2.45) is 0 Å². The number of hydrogen-bond donors (Lipinski definition) is 1. The molecule has 1 amide bonds. The zero-order valence-corrected chi connectivity index (χ0v) is 13.0. The first-order chi connectivity index (χ1) is 10.4. The fourth-order valence-electron chi connectivity index (χ4n) is 2.07. The monoisotopic (exact) mass is 328 g/mol. The Bertz CT molecular complexity index is 578. The number of carbonyl (C=O) groups is 2. The number of nitrogens with zero attached hydrogens (tertiary/aromatic N) is 2. The Kier molecular flexibility index (Phi) is 5.20. The maximum absolute atomic E-state index is 12.5. The van der Waals surface area contributed by atoms with Gasteiger partial charge in [0.2, 0.25) is 5.88 Å². The smallest absolute Gasteiger partial charge is 0.328 e. The molecule has 1 aliphatic rings. The molecule has 0 saturated carbocycles. The van der Waals surface area contributed by atoms with Crippen LogP contribution in [-0.4, -0.2) is 58.8 Å². The molecule has 7 nitrogen and oxygen atoms in total. The van der Waals surface area contributed by atoms with Gasteiger partial charge in [0.15, 0.2) is 6.04 Å². The van der Waals surface area contributed by atoms with E-state index in [1.54, 1.807) is 0 Å². The molecule has 0 unspecified atom stereocenters. The van der Waals surface area contributed by atoms with Crippen molar-refractivity contribution in [2.45, 2.75) is 26.0 Å². The summed E-state index contributed by atoms with van der Waals surface area (Å²) in [5.74, 6) is -1.31. The van der Waals surface area contributed by atoms with Crippen LogP contribution in [0.5, 0.6) is 5.88 Å². The zero-order valence-electron chi connectivity index (χ0n) is 12.3. The molecule has 22 heavy (non-hydrogen) atoms. The Labute approximate surface area is 132 Å². The highest BCUT2D eigenvalue weighted by Crippen LogP contribution is 2.24. The molecule has 0 aromatic carbocycles. The summed E-state index contributed by atoms with van der Waals surface area (Å²) in [6, 6.07) is 0.426. The van der Waals surface area contributed by atoms with E-state index in [4.69, 9.17) is 26.2 Å². The molecular weight excluding hydrogens is 312 g/mol. The molecule has 0 spiro atoms. The fraction of sp³-hybridized carbons (Fsp3) is 0.500. The normalized spacial score (nSPS) is 18.4. The molecule has 1 aromatic rings. The largest absolute Gasteiger partial charge is 0.480 e. The molecule has 1 saturated heterocycles. The van der Waals surface area contributed by atoms with Gasteiger partial charge in [0, 0.05) is 12.7 Å². The van der Waals surface area contributed by atoms with Gasteiger partial charge in [-0.3, -0.25) is 4.79 Å². The van der Waals surface area contributed by atoms with Gasteiger partial charge in [-0.25, -0.2) is 9.78 Å². The van der Waals surface area contributed by atoms with Crippen LogP contribution in [0.4, 0.5) is 0 Å². The minimum absolute atomic E-state index is 0.0310. The van der Waals surface area contributed by atoms with Crippen molar-refractivity contribution in [3.8, 4) is 5.88 Å². The second-order valence-corrected chi connectivity index (χ2v) is 5.51. The molecule has 0 bridgehead atoms. The summed E-state index contributed by atoms with van der Waals surface area (Å²) in [5.41, 5.74) is 0.217. The van der Waals surface area contributed by atoms with Gasteiger partial charge in [-0.15, -0.1) is 0 Å². The van der Waals surface area contributed by atoms with E-state index in [0.717, 1.165) is 0 Å². The maximum atomic E-state index is 12.5. The molecule has 120 valence electrons. The van der Waals surface area contributed by atoms with Crippen LogP contribution in [0.25, 0.3) is 0 Å². The molecule has 0 radical (unpaired) electrons. The summed E-state index contributed by atoms with van der Waals surface area (Å²) in [6.07, 6.45) is 1.24. The van der Waals surface area contributed by atoms with E-state index in [1.807, 2.05) is 13.8 Å². The fourth-order valence-corrected chi connectivity index (χ4v) is 2.28. The van der Waals surface area contributed by atoms with Crippen LogP contribution in [0, 0.1) is 0 Å². The summed E-state index contributed by atoms with van der Waals surface area (Å²) < 4.78 is 10.5. The number of rotatable bonds is 4. The first-order valence-corrected chi connectivity index (χ1v) is 7.21. The molecule has 1 fully saturated rings. The quantitative estimate of drug-likeness (QED) is 0.899. The molecular formula is C14H17ClN2O5. The molecule has 0 aliphatic carbocycles. The molecule has 2 rings (SSSR count). The lowest BCUT2D eigenvalue weighted by molar-refractivity contribution is -0.147. The van der Waals surface area contributed by atoms with Crippen LogP contribution in [0.15, 0.2) is 12.3 Å². The van der Waals surface area contributed by atoms with Crippen molar-refractivity contribution >= 4 is 23.5 Å². The highest BCUT2D eigenvalue weighted by atomic mass is 35.5. The SMILES string of the molecule is CC(C)Oc1ncc(C(=O)N2CCOC[C@H]2C(=O)O)cc1Cl. The lowest BCUT2D eigenvalue weighted by Gasteiger charge is -2.32. The topological polar surface area (TPSA) is 89.0 Å². The zero-order chi connectivity index (χ0) is 16.3. The van der Waals surface area contributed by atoms with Crippen LogP contribution in [-0.2, 0) is 9.53 Å². The second-order valence-electron chi connectivity index (χ2n) is 5.11. The Morgan fingerprint density at radius 2 is 2.27 bits per heavy atom. The molecule has 1 N–H and O–H groups in total. The van der Waals surface area contributed by atoms with Crippen molar-refractivity contribution in [1.82, 2.24) is 9.88 Å². The maximum Gasteiger partial charge on any atom is 0.328 e. The number of carboxylic acid groups (broad SMARTS) is 1. The lowest BCUT2D eigenvalue weighted by atomic mass is 10.1. The molecule has 2 heterocycles. The van der Waals surface area contributed by atoms with Gasteiger partial charge in [0.05, 0.1) is 24.9 Å². The van der Waals surface area contributed by atoms with Crippen LogP contribution >= 0.6 is 11.6 Å². The van der Waals surface area contributed by atoms with E-state index in [1.165, 1.54) is 17.2 Å². The number of morpholine rings is 1. The van der Waals surface area contributed by atoms with E-state index in [2.05, 4.69) is 4.98 Å². The average Bonchev–Trinajstić information content (AvgIpc) is 2.48. The summed E-state index contributed by atoms with van der Waals surface area (Å²) in [5, 5.41) is 9.37. The van der Waals surface area contributed by atoms with Gasteiger partial charge >= 0.3 is 5.97 Å². The number of aliphatic carboxylic acids is 1. The van der Waals surface area contributed by atoms with Crippen LogP contribution in [0.3, 0.4) is 0 Å². The number of hydrogen-bond acceptors (Lipinski definition) is 5. The number of pyridine rings is 1. The van der Waals surface area contributed by atoms with Gasteiger partial charge in [-0.1, -0.05) is 11.6 Å². The third-order valence-corrected chi connectivity index (χ3v) is 3.35. The summed E-state index contributed by atoms with van der Waals surface area (Å²) in [6.45, 7) is 4.14. The van der Waals surface area contributed by atoms with E-state index in [-0.39, 0.29) is 35.7 Å². The highest BCUT2D eigenvalue weighted by Gasteiger charge is 2.33. The third kappa shape index (κ3) is 3.66. The number of aromatic nitrogens is 1. The number of halogens is 1. The van der Waals surface area contributed by atoms with Gasteiger partial charge in [0.1, 0.15) is 5.02 Å². The minimum Gasteiger partial charge on any atom is -0.480 e. The van der Waals surface area contributed by atoms with E-state index in [9.17, 15) is 9.59 Å². The highest BCUT2D eigenvalue weighted by molar-refractivity contribution is 6.32. The van der Waals surface area contributed by atoms with Crippen LogP contribution < -0.4 is 4.74 Å². The van der Waals surface area contributed by atoms with Gasteiger partial charge in [-0.2, -0.15) is 0 Å². The molecule has 8 heteroatoms. The lowest BCUT2D eigenvalue weighted by Crippen LogP contribution is -2.52. The number of carboxylic acids is 1. The van der Waals surface area contributed by atoms with Gasteiger partial charge in [0.25, 0.3) is 5.91 Å². The van der Waals surface area contributed by atoms with E-state index < -0.39 is 17.9 Å². The van der Waals surface area contributed by atoms with E-state index >= 15 is 0 Å². The predicted octanol–water partition coefficient (Wildman–Crippen LogP) is 1.45. The van der Waals surface area contributed by atoms with Crippen LogP contribution in [0.2, 0.25) is 5.02 Å². The van der Waals surface area contributed by atoms with Crippen molar-refractivity contribution in [3.63, 3.8) is 0 Å². The van der Waals surface area contributed by atoms with Crippen LogP contribution in [0.1, 0.15) is 24.2 Å². The van der Waals surface area contributed by atoms with Gasteiger partial charge < -0.3 is 19.5 Å². The molecule has 1 atom stereocenters. The van der Waals surface area contributed by atoms with Gasteiger partial charge in [-0.05, 0) is 19.9 Å². The Hall–Kier alpha value is -1.86. The number of ether oxygens (including phenoxy) is 2. The summed E-state index contributed by atoms with van der Waals surface area (Å²) >= 11 is 6.06. The van der Waals surface area contributed by atoms with Crippen molar-refractivity contribution in [1.29, 1.82) is 0 Å². The third-order valence-electron chi connectivity index (χ3n) is 3.08. The Balaban J connectivity index is 2.21. The second kappa shape index (κ2) is 6.93. The standard InChI is InChI=1S/C14H17ClN2O5/c1-8(2)22-12-10(15)5-9(6-16-12)13(18)17-3-4-21-7-11(17)14(19)20/h5-6,8,11H,3-4,7H2,1-2H3,(H,19,20)/t11-/m0/s1. The molecule has 1 aliphatic heterocycles. The molecule has 1 aromatic heterocycles. The van der Waals surface area contributed by atoms with Crippen molar-refractivity contribution < 1.29 is 24.2 Å². The Morgan fingerprint density at radius 1 is 1.55 bits per heavy atom. The van der Waals surface area contributed by atoms with Crippen molar-refractivity contribution in [3.05, 3.63) is 22.8 Å². The average molecular weight is 329 g/mol. The number of amides is 1. The first kappa shape index (κ1) is 16.5. The minimum atomic E-state index is -1.10. The van der Waals surface area contributed by atoms with Crippen molar-refractivity contribution in [2.75, 3.05) is 19.8 Å². The first-order valence-electron chi connectivity index (χ1n) is 6.84. The predicted molar refractivity (Wildman–Crippen MR) is 78.3 cm³/mol. The van der Waals surface area contributed by atoms with E-state index in [0.29, 0.717) is 6.61 Å². The summed E-state index contributed by atoms with van der Waals surface area (Å²) in [7, 11) is 0.